The van der Waals surface area contributed by atoms with Crippen molar-refractivity contribution >= 4 is 23.2 Å². The molecule has 0 unspecified atom stereocenters. The van der Waals surface area contributed by atoms with Crippen LogP contribution in [-0.4, -0.2) is 27.8 Å². The van der Waals surface area contributed by atoms with Gasteiger partial charge in [-0.1, -0.05) is 0 Å². The summed E-state index contributed by atoms with van der Waals surface area (Å²) in [4.78, 5) is 32.8. The summed E-state index contributed by atoms with van der Waals surface area (Å²) in [7, 11) is 0. The van der Waals surface area contributed by atoms with E-state index in [9.17, 15) is 9.59 Å². The maximum absolute atomic E-state index is 12.3. The van der Waals surface area contributed by atoms with Crippen LogP contribution in [0.1, 0.15) is 36.2 Å². The topological polar surface area (TPSA) is 84.0 Å². The highest BCUT2D eigenvalue weighted by Crippen LogP contribution is 2.26. The number of amides is 2. The number of hydrogen-bond acceptors (Lipinski definition) is 5. The molecule has 2 atom stereocenters. The van der Waals surface area contributed by atoms with Gasteiger partial charge in [0, 0.05) is 18.2 Å². The van der Waals surface area contributed by atoms with Crippen LogP contribution < -0.4 is 10.6 Å². The van der Waals surface area contributed by atoms with Gasteiger partial charge in [0.1, 0.15) is 0 Å². The molecule has 3 rings (SSSR count). The zero-order valence-electron chi connectivity index (χ0n) is 14.2. The first-order chi connectivity index (χ1) is 12.1. The van der Waals surface area contributed by atoms with E-state index in [0.29, 0.717) is 19.4 Å². The fourth-order valence-corrected chi connectivity index (χ4v) is 3.71. The number of carbonyl (C=O) groups is 2. The van der Waals surface area contributed by atoms with Gasteiger partial charge < -0.3 is 10.6 Å². The minimum Gasteiger partial charge on any atom is -0.353 e. The molecule has 1 aliphatic carbocycles. The fraction of sp³-hybridized carbons (Fsp3) is 0.444. The summed E-state index contributed by atoms with van der Waals surface area (Å²) in [5.41, 5.74) is 2.64. The van der Waals surface area contributed by atoms with Crippen LogP contribution in [-0.2, 0) is 22.6 Å². The zero-order valence-corrected chi connectivity index (χ0v) is 15.0. The van der Waals surface area contributed by atoms with E-state index in [1.54, 1.807) is 23.7 Å². The number of carbonyl (C=O) groups excluding carboxylic acids is 2. The second kappa shape index (κ2) is 8.20. The maximum atomic E-state index is 12.3. The Hall–Kier alpha value is -2.28. The normalized spacial score (nSPS) is 19.6. The average molecular weight is 358 g/mol. The van der Waals surface area contributed by atoms with E-state index < -0.39 is 0 Å². The number of nitrogens with zero attached hydrogens (tertiary/aromatic N) is 2. The van der Waals surface area contributed by atoms with Crippen molar-refractivity contribution in [3.8, 4) is 0 Å². The molecule has 0 aromatic carbocycles. The second-order valence-corrected chi connectivity index (χ2v) is 7.23. The van der Waals surface area contributed by atoms with Crippen molar-refractivity contribution in [2.75, 3.05) is 0 Å². The Balaban J connectivity index is 1.41. The molecule has 2 aromatic heterocycles. The molecule has 6 nitrogen and oxygen atoms in total. The molecule has 1 saturated carbocycles. The molecule has 7 heteroatoms. The van der Waals surface area contributed by atoms with Crippen LogP contribution in [0.25, 0.3) is 0 Å². The van der Waals surface area contributed by atoms with Crippen molar-refractivity contribution in [3.05, 3.63) is 46.2 Å². The van der Waals surface area contributed by atoms with E-state index in [1.165, 1.54) is 0 Å². The Morgan fingerprint density at radius 2 is 2.16 bits per heavy atom. The summed E-state index contributed by atoms with van der Waals surface area (Å²) < 4.78 is 0. The quantitative estimate of drug-likeness (QED) is 0.827. The lowest BCUT2D eigenvalue weighted by molar-refractivity contribution is -0.125. The van der Waals surface area contributed by atoms with Crippen LogP contribution in [0.2, 0.25) is 0 Å². The molecule has 0 spiro atoms. The van der Waals surface area contributed by atoms with Crippen molar-refractivity contribution in [2.24, 2.45) is 5.92 Å². The highest BCUT2D eigenvalue weighted by atomic mass is 32.1. The zero-order chi connectivity index (χ0) is 17.6. The summed E-state index contributed by atoms with van der Waals surface area (Å²) in [6.45, 7) is 2.26. The van der Waals surface area contributed by atoms with E-state index in [2.05, 4.69) is 20.6 Å². The monoisotopic (exact) mass is 358 g/mol. The molecule has 2 amide bonds. The first-order valence-electron chi connectivity index (χ1n) is 8.46. The second-order valence-electron chi connectivity index (χ2n) is 6.45. The third kappa shape index (κ3) is 5.09. The summed E-state index contributed by atoms with van der Waals surface area (Å²) in [6.07, 6.45) is 6.12. The van der Waals surface area contributed by atoms with Crippen LogP contribution in [0.5, 0.6) is 0 Å². The summed E-state index contributed by atoms with van der Waals surface area (Å²) in [6, 6.07) is 2.05. The van der Waals surface area contributed by atoms with Crippen molar-refractivity contribution in [1.82, 2.24) is 20.6 Å². The number of hydrogen-bond donors (Lipinski definition) is 2. The number of aryl methyl sites for hydroxylation is 1. The lowest BCUT2D eigenvalue weighted by Gasteiger charge is -2.13. The Bertz CT molecular complexity index is 715. The third-order valence-electron chi connectivity index (χ3n) is 4.39. The number of aromatic nitrogens is 2. The van der Waals surface area contributed by atoms with Crippen LogP contribution in [0.3, 0.4) is 0 Å². The number of thiophene rings is 1. The minimum atomic E-state index is -0.0511. The van der Waals surface area contributed by atoms with Gasteiger partial charge in [-0.3, -0.25) is 19.6 Å². The SMILES string of the molecule is Cc1cnc(CNC(=O)[C@H]2CC[C@@H](NC(=O)Cc3ccsc3)C2)cn1. The Morgan fingerprint density at radius 3 is 2.88 bits per heavy atom. The predicted octanol–water partition coefficient (Wildman–Crippen LogP) is 1.99. The van der Waals surface area contributed by atoms with Crippen LogP contribution in [0.4, 0.5) is 0 Å². The highest BCUT2D eigenvalue weighted by Gasteiger charge is 2.30. The molecule has 132 valence electrons. The van der Waals surface area contributed by atoms with Gasteiger partial charge in [-0.2, -0.15) is 11.3 Å². The molecule has 0 saturated heterocycles. The number of rotatable bonds is 6. The fourth-order valence-electron chi connectivity index (χ4n) is 3.04. The molecule has 0 aliphatic heterocycles. The van der Waals surface area contributed by atoms with Gasteiger partial charge in [0.25, 0.3) is 0 Å². The highest BCUT2D eigenvalue weighted by molar-refractivity contribution is 7.08. The van der Waals surface area contributed by atoms with E-state index in [4.69, 9.17) is 0 Å². The molecule has 2 aromatic rings. The smallest absolute Gasteiger partial charge is 0.224 e. The largest absolute Gasteiger partial charge is 0.353 e. The van der Waals surface area contributed by atoms with Gasteiger partial charge in [0.05, 0.1) is 30.6 Å². The van der Waals surface area contributed by atoms with Crippen molar-refractivity contribution in [3.63, 3.8) is 0 Å². The molecule has 2 N–H and O–H groups in total. The molecule has 1 aliphatic rings. The molecule has 1 fully saturated rings. The van der Waals surface area contributed by atoms with E-state index >= 15 is 0 Å². The summed E-state index contributed by atoms with van der Waals surface area (Å²) in [5, 5.41) is 9.92. The Labute approximate surface area is 151 Å². The summed E-state index contributed by atoms with van der Waals surface area (Å²) in [5.74, 6) is 0.00111. The molecular weight excluding hydrogens is 336 g/mol. The van der Waals surface area contributed by atoms with Crippen LogP contribution in [0.15, 0.2) is 29.2 Å². The summed E-state index contributed by atoms with van der Waals surface area (Å²) >= 11 is 1.59. The lowest BCUT2D eigenvalue weighted by Crippen LogP contribution is -2.35. The van der Waals surface area contributed by atoms with Gasteiger partial charge in [-0.05, 0) is 48.6 Å². The standard InChI is InChI=1S/C18H22N4O2S/c1-12-8-20-16(9-19-12)10-21-18(24)14-2-3-15(7-14)22-17(23)6-13-4-5-25-11-13/h4-5,8-9,11,14-15H,2-3,6-7,10H2,1H3,(H,21,24)(H,22,23)/t14-,15+/m0/s1. The maximum Gasteiger partial charge on any atom is 0.224 e. The first kappa shape index (κ1) is 17.5. The van der Waals surface area contributed by atoms with E-state index in [0.717, 1.165) is 29.8 Å². The van der Waals surface area contributed by atoms with Crippen LogP contribution in [0, 0.1) is 12.8 Å². The van der Waals surface area contributed by atoms with Gasteiger partial charge in [0.2, 0.25) is 11.8 Å². The van der Waals surface area contributed by atoms with Gasteiger partial charge in [-0.15, -0.1) is 0 Å². The van der Waals surface area contributed by atoms with Crippen molar-refractivity contribution < 1.29 is 9.59 Å². The molecule has 0 radical (unpaired) electrons. The first-order valence-corrected chi connectivity index (χ1v) is 9.40. The lowest BCUT2D eigenvalue weighted by atomic mass is 10.1. The van der Waals surface area contributed by atoms with Gasteiger partial charge in [-0.25, -0.2) is 0 Å². The Morgan fingerprint density at radius 1 is 1.28 bits per heavy atom. The average Bonchev–Trinajstić information content (AvgIpc) is 3.26. The van der Waals surface area contributed by atoms with Gasteiger partial charge in [0.15, 0.2) is 0 Å². The van der Waals surface area contributed by atoms with E-state index in [-0.39, 0.29) is 23.8 Å². The molecule has 2 heterocycles. The van der Waals surface area contributed by atoms with Gasteiger partial charge >= 0.3 is 0 Å². The van der Waals surface area contributed by atoms with E-state index in [1.807, 2.05) is 23.8 Å². The molecule has 25 heavy (non-hydrogen) atoms. The van der Waals surface area contributed by atoms with Crippen molar-refractivity contribution in [1.29, 1.82) is 0 Å². The third-order valence-corrected chi connectivity index (χ3v) is 5.12. The minimum absolute atomic E-state index is 0.0250. The molecule has 0 bridgehead atoms. The Kier molecular flexibility index (Phi) is 5.75. The molecular formula is C18H22N4O2S. The van der Waals surface area contributed by atoms with Crippen LogP contribution >= 0.6 is 11.3 Å². The predicted molar refractivity (Wildman–Crippen MR) is 95.9 cm³/mol. The number of nitrogens with one attached hydrogen (secondary N) is 2. The van der Waals surface area contributed by atoms with Crippen molar-refractivity contribution in [2.45, 2.75) is 45.2 Å².